The fourth-order valence-electron chi connectivity index (χ4n) is 0. The molecule has 0 radical (unpaired) electrons. The molecule has 64 valence electrons. The zero-order valence-electron chi connectivity index (χ0n) is 6.07. The van der Waals surface area contributed by atoms with Crippen LogP contribution in [0.5, 0.6) is 0 Å². The molecule has 0 saturated carbocycles. The van der Waals surface area contributed by atoms with Gasteiger partial charge in [0.25, 0.3) is 0 Å². The highest BCUT2D eigenvalue weighted by molar-refractivity contribution is 6.63. The van der Waals surface area contributed by atoms with E-state index < -0.39 is 4.30 Å². The monoisotopic (exact) mass is 208 g/mol. The van der Waals surface area contributed by atoms with Crippen molar-refractivity contribution in [3.05, 3.63) is 0 Å². The standard InChI is InChI=1S/C3H6O.CHCl3.CH4O/c1-3(2)4;2-1(3)4;1-2/h1-2H3;1H;2H,1H3. The number of carbonyl (C=O) groups excluding carboxylic acids is 1. The normalized spacial score (nSPS) is 6.80. The van der Waals surface area contributed by atoms with Gasteiger partial charge in [-0.15, -0.1) is 0 Å². The summed E-state index contributed by atoms with van der Waals surface area (Å²) in [7, 11) is 1.00. The minimum Gasteiger partial charge on any atom is -0.400 e. The largest absolute Gasteiger partial charge is 0.400 e. The van der Waals surface area contributed by atoms with Gasteiger partial charge in [0, 0.05) is 7.11 Å². The Kier molecular flexibility index (Phi) is 27.4. The highest BCUT2D eigenvalue weighted by atomic mass is 35.6. The molecule has 0 saturated heterocycles. The number of Topliss-reactive ketones (excluding diaryl/α,β-unsaturated/α-hetero) is 1. The Labute approximate surface area is 76.1 Å². The van der Waals surface area contributed by atoms with Gasteiger partial charge in [0.15, 0.2) is 4.30 Å². The lowest BCUT2D eigenvalue weighted by Gasteiger charge is -1.69. The van der Waals surface area contributed by atoms with E-state index >= 15 is 0 Å². The molecular formula is C5H11Cl3O2. The molecule has 2 nitrogen and oxygen atoms in total. The van der Waals surface area contributed by atoms with Gasteiger partial charge in [0.05, 0.1) is 0 Å². The number of rotatable bonds is 0. The molecule has 0 aromatic heterocycles. The summed E-state index contributed by atoms with van der Waals surface area (Å²) < 4.78 is -0.750. The van der Waals surface area contributed by atoms with E-state index in [2.05, 4.69) is 0 Å². The van der Waals surface area contributed by atoms with Crippen LogP contribution in [0.3, 0.4) is 0 Å². The molecule has 0 aromatic rings. The third-order valence-electron chi connectivity index (χ3n) is 0. The van der Waals surface area contributed by atoms with Crippen molar-refractivity contribution in [1.29, 1.82) is 0 Å². The number of halogens is 3. The maximum atomic E-state index is 9.44. The van der Waals surface area contributed by atoms with E-state index in [4.69, 9.17) is 39.9 Å². The molecule has 0 aliphatic rings. The van der Waals surface area contributed by atoms with E-state index in [1.165, 1.54) is 13.8 Å². The third kappa shape index (κ3) is 1910. The smallest absolute Gasteiger partial charge is 0.180 e. The van der Waals surface area contributed by atoms with Crippen LogP contribution in [0, 0.1) is 0 Å². The molecule has 0 heterocycles. The molecule has 0 amide bonds. The zero-order chi connectivity index (χ0) is 9.15. The van der Waals surface area contributed by atoms with Gasteiger partial charge >= 0.3 is 0 Å². The van der Waals surface area contributed by atoms with Crippen LogP contribution in [0.15, 0.2) is 0 Å². The zero-order valence-corrected chi connectivity index (χ0v) is 8.33. The molecule has 0 aliphatic carbocycles. The summed E-state index contributed by atoms with van der Waals surface area (Å²) in [5, 5.41) is 7.00. The highest BCUT2D eigenvalue weighted by Crippen LogP contribution is 2.03. The predicted octanol–water partition coefficient (Wildman–Crippen LogP) is 2.19. The fourth-order valence-corrected chi connectivity index (χ4v) is 0. The summed E-state index contributed by atoms with van der Waals surface area (Å²) in [6.07, 6.45) is 0. The predicted molar refractivity (Wildman–Crippen MR) is 45.8 cm³/mol. The van der Waals surface area contributed by atoms with Crippen LogP contribution in [0.4, 0.5) is 0 Å². The van der Waals surface area contributed by atoms with Crippen molar-refractivity contribution in [1.82, 2.24) is 0 Å². The molecule has 0 atom stereocenters. The van der Waals surface area contributed by atoms with Gasteiger partial charge in [0.1, 0.15) is 5.78 Å². The second kappa shape index (κ2) is 16.2. The number of aliphatic hydroxyl groups is 1. The van der Waals surface area contributed by atoms with Crippen LogP contribution in [0.2, 0.25) is 0 Å². The number of ketones is 1. The van der Waals surface area contributed by atoms with Gasteiger partial charge in [-0.05, 0) is 13.8 Å². The lowest BCUT2D eigenvalue weighted by Crippen LogP contribution is -1.69. The van der Waals surface area contributed by atoms with Crippen molar-refractivity contribution < 1.29 is 9.90 Å². The molecule has 0 bridgehead atoms. The molecule has 0 rings (SSSR count). The Morgan fingerprint density at radius 3 is 1.20 bits per heavy atom. The first-order valence-electron chi connectivity index (χ1n) is 2.31. The average molecular weight is 210 g/mol. The van der Waals surface area contributed by atoms with Crippen molar-refractivity contribution in [2.75, 3.05) is 7.11 Å². The van der Waals surface area contributed by atoms with Crippen molar-refractivity contribution in [3.8, 4) is 0 Å². The summed E-state index contributed by atoms with van der Waals surface area (Å²) >= 11 is 14.4. The SMILES string of the molecule is CC(C)=O.CO.ClC(Cl)Cl. The van der Waals surface area contributed by atoms with E-state index in [1.54, 1.807) is 0 Å². The first kappa shape index (κ1) is 16.8. The summed E-state index contributed by atoms with van der Waals surface area (Å²) in [6, 6.07) is 0. The molecule has 0 aliphatic heterocycles. The second-order valence-corrected chi connectivity index (χ2v) is 3.14. The molecular weight excluding hydrogens is 198 g/mol. The lowest BCUT2D eigenvalue weighted by molar-refractivity contribution is -0.114. The molecule has 10 heavy (non-hydrogen) atoms. The molecule has 0 spiro atoms. The quantitative estimate of drug-likeness (QED) is 0.621. The molecule has 1 N–H and O–H groups in total. The summed E-state index contributed by atoms with van der Waals surface area (Å²) in [5.41, 5.74) is 0. The van der Waals surface area contributed by atoms with Crippen molar-refractivity contribution in [2.24, 2.45) is 0 Å². The number of alkyl halides is 3. The van der Waals surface area contributed by atoms with E-state index in [0.717, 1.165) is 7.11 Å². The second-order valence-electron chi connectivity index (χ2n) is 1.16. The third-order valence-corrected chi connectivity index (χ3v) is 0. The van der Waals surface area contributed by atoms with Gasteiger partial charge in [-0.1, -0.05) is 34.8 Å². The maximum absolute atomic E-state index is 9.44. The van der Waals surface area contributed by atoms with Gasteiger partial charge in [-0.3, -0.25) is 0 Å². The average Bonchev–Trinajstić information content (AvgIpc) is 1.66. The van der Waals surface area contributed by atoms with Crippen molar-refractivity contribution >= 4 is 40.6 Å². The number of hydrogen-bond donors (Lipinski definition) is 1. The molecule has 0 unspecified atom stereocenters. The molecule has 5 heteroatoms. The Morgan fingerprint density at radius 2 is 1.20 bits per heavy atom. The van der Waals surface area contributed by atoms with Gasteiger partial charge in [-0.2, -0.15) is 0 Å². The number of hydrogen-bond acceptors (Lipinski definition) is 2. The van der Waals surface area contributed by atoms with Crippen molar-refractivity contribution in [3.63, 3.8) is 0 Å². The van der Waals surface area contributed by atoms with Crippen LogP contribution in [0.1, 0.15) is 13.8 Å². The fraction of sp³-hybridized carbons (Fsp3) is 0.800. The first-order chi connectivity index (χ1) is 4.46. The van der Waals surface area contributed by atoms with Crippen LogP contribution in [-0.2, 0) is 4.79 Å². The molecule has 0 fully saturated rings. The minimum atomic E-state index is -0.750. The van der Waals surface area contributed by atoms with Crippen LogP contribution < -0.4 is 0 Å². The van der Waals surface area contributed by atoms with Gasteiger partial charge in [-0.25, -0.2) is 0 Å². The molecule has 0 aromatic carbocycles. The van der Waals surface area contributed by atoms with E-state index in [0.29, 0.717) is 0 Å². The number of carbonyl (C=O) groups is 1. The lowest BCUT2D eigenvalue weighted by atomic mass is 10.6. The summed E-state index contributed by atoms with van der Waals surface area (Å²) in [5.74, 6) is 0.167. The topological polar surface area (TPSA) is 37.3 Å². The van der Waals surface area contributed by atoms with Crippen LogP contribution >= 0.6 is 34.8 Å². The Balaban J connectivity index is -0.0000000787. The first-order valence-corrected chi connectivity index (χ1v) is 3.62. The minimum absolute atomic E-state index is 0.167. The van der Waals surface area contributed by atoms with E-state index in [-0.39, 0.29) is 5.78 Å². The van der Waals surface area contributed by atoms with E-state index in [1.807, 2.05) is 0 Å². The van der Waals surface area contributed by atoms with E-state index in [9.17, 15) is 4.79 Å². The maximum Gasteiger partial charge on any atom is 0.180 e. The van der Waals surface area contributed by atoms with Crippen molar-refractivity contribution in [2.45, 2.75) is 18.1 Å². The Bertz CT molecular complexity index is 59.2. The summed E-state index contributed by atoms with van der Waals surface area (Å²) in [6.45, 7) is 3.06. The summed E-state index contributed by atoms with van der Waals surface area (Å²) in [4.78, 5) is 9.44. The van der Waals surface area contributed by atoms with Gasteiger partial charge in [0.2, 0.25) is 0 Å². The Morgan fingerprint density at radius 1 is 1.20 bits per heavy atom. The van der Waals surface area contributed by atoms with Crippen LogP contribution in [-0.4, -0.2) is 22.3 Å². The van der Waals surface area contributed by atoms with Gasteiger partial charge < -0.3 is 9.90 Å². The highest BCUT2D eigenvalue weighted by Gasteiger charge is 1.78. The Hall–Kier alpha value is 0.500. The van der Waals surface area contributed by atoms with Crippen LogP contribution in [0.25, 0.3) is 0 Å². The number of aliphatic hydroxyl groups excluding tert-OH is 1.